The number of likely N-dealkylation sites (tertiary alicyclic amines) is 1. The van der Waals surface area contributed by atoms with E-state index in [-0.39, 0.29) is 0 Å². The number of hydrogen-bond donors (Lipinski definition) is 0. The Morgan fingerprint density at radius 3 is 2.57 bits per heavy atom. The van der Waals surface area contributed by atoms with Crippen LogP contribution in [0.15, 0.2) is 4.52 Å². The number of aromatic nitrogens is 2. The molecule has 0 radical (unpaired) electrons. The Bertz CT molecular complexity index is 272. The second-order valence-electron chi connectivity index (χ2n) is 3.32. The van der Waals surface area contributed by atoms with Crippen molar-refractivity contribution < 1.29 is 4.52 Å². The standard InChI is InChI=1S/C8H13N3O.C2H6/c1-6-9-8(12-10-6)7-4-3-5-11(7)2;1-2/h7H,3-5H2,1-2H3;1-2H3. The first kappa shape index (κ1) is 11.2. The first-order valence-corrected chi connectivity index (χ1v) is 5.28. The molecule has 0 spiro atoms. The van der Waals surface area contributed by atoms with Crippen molar-refractivity contribution in [3.63, 3.8) is 0 Å². The first-order chi connectivity index (χ1) is 6.77. The minimum absolute atomic E-state index is 0.353. The second kappa shape index (κ2) is 5.10. The number of nitrogens with zero attached hydrogens (tertiary/aromatic N) is 3. The molecule has 2 rings (SSSR count). The predicted molar refractivity (Wildman–Crippen MR) is 55.0 cm³/mol. The van der Waals surface area contributed by atoms with Crippen molar-refractivity contribution in [3.8, 4) is 0 Å². The van der Waals surface area contributed by atoms with Crippen molar-refractivity contribution in [3.05, 3.63) is 11.7 Å². The summed E-state index contributed by atoms with van der Waals surface area (Å²) in [5, 5.41) is 3.78. The maximum Gasteiger partial charge on any atom is 0.243 e. The molecule has 0 bridgehead atoms. The Hall–Kier alpha value is -0.900. The van der Waals surface area contributed by atoms with E-state index >= 15 is 0 Å². The third-order valence-electron chi connectivity index (χ3n) is 2.35. The van der Waals surface area contributed by atoms with E-state index in [0.29, 0.717) is 6.04 Å². The monoisotopic (exact) mass is 197 g/mol. The van der Waals surface area contributed by atoms with Crippen LogP contribution in [0.2, 0.25) is 0 Å². The van der Waals surface area contributed by atoms with Gasteiger partial charge in [0.05, 0.1) is 6.04 Å². The molecule has 1 atom stereocenters. The van der Waals surface area contributed by atoms with E-state index in [1.807, 2.05) is 20.8 Å². The van der Waals surface area contributed by atoms with Gasteiger partial charge in [-0.15, -0.1) is 0 Å². The van der Waals surface area contributed by atoms with Crippen LogP contribution in [0.3, 0.4) is 0 Å². The molecule has 1 unspecified atom stereocenters. The third kappa shape index (κ3) is 2.32. The van der Waals surface area contributed by atoms with E-state index in [4.69, 9.17) is 4.52 Å². The molecule has 0 saturated carbocycles. The lowest BCUT2D eigenvalue weighted by Gasteiger charge is -2.14. The van der Waals surface area contributed by atoms with Crippen molar-refractivity contribution in [2.75, 3.05) is 13.6 Å². The first-order valence-electron chi connectivity index (χ1n) is 5.28. The molecular weight excluding hydrogens is 178 g/mol. The summed E-state index contributed by atoms with van der Waals surface area (Å²) < 4.78 is 5.12. The highest BCUT2D eigenvalue weighted by molar-refractivity contribution is 4.94. The fraction of sp³-hybridized carbons (Fsp3) is 0.800. The maximum atomic E-state index is 5.12. The van der Waals surface area contributed by atoms with Gasteiger partial charge in [-0.05, 0) is 33.4 Å². The van der Waals surface area contributed by atoms with Crippen LogP contribution in [0, 0.1) is 6.92 Å². The van der Waals surface area contributed by atoms with Crippen molar-refractivity contribution in [2.45, 2.75) is 39.7 Å². The van der Waals surface area contributed by atoms with Crippen LogP contribution in [0.4, 0.5) is 0 Å². The molecule has 4 nitrogen and oxygen atoms in total. The van der Waals surface area contributed by atoms with Gasteiger partial charge in [-0.3, -0.25) is 4.90 Å². The highest BCUT2D eigenvalue weighted by Gasteiger charge is 2.27. The summed E-state index contributed by atoms with van der Waals surface area (Å²) in [4.78, 5) is 6.48. The topological polar surface area (TPSA) is 42.2 Å². The fourth-order valence-corrected chi connectivity index (χ4v) is 1.67. The van der Waals surface area contributed by atoms with Gasteiger partial charge in [-0.1, -0.05) is 19.0 Å². The smallest absolute Gasteiger partial charge is 0.243 e. The minimum atomic E-state index is 0.353. The molecule has 80 valence electrons. The van der Waals surface area contributed by atoms with E-state index in [1.54, 1.807) is 0 Å². The summed E-state index contributed by atoms with van der Waals surface area (Å²) in [7, 11) is 2.09. The largest absolute Gasteiger partial charge is 0.338 e. The van der Waals surface area contributed by atoms with Gasteiger partial charge in [0.15, 0.2) is 5.82 Å². The molecule has 0 N–H and O–H groups in total. The fourth-order valence-electron chi connectivity index (χ4n) is 1.67. The Morgan fingerprint density at radius 2 is 2.14 bits per heavy atom. The van der Waals surface area contributed by atoms with Gasteiger partial charge >= 0.3 is 0 Å². The van der Waals surface area contributed by atoms with Gasteiger partial charge in [0, 0.05) is 0 Å². The molecule has 0 aliphatic carbocycles. The van der Waals surface area contributed by atoms with Gasteiger partial charge in [0.1, 0.15) is 0 Å². The Morgan fingerprint density at radius 1 is 1.43 bits per heavy atom. The average Bonchev–Trinajstić information content (AvgIpc) is 2.78. The summed E-state index contributed by atoms with van der Waals surface area (Å²) in [6.45, 7) is 6.98. The number of rotatable bonds is 1. The van der Waals surface area contributed by atoms with E-state index in [0.717, 1.165) is 24.7 Å². The van der Waals surface area contributed by atoms with Crippen molar-refractivity contribution in [1.82, 2.24) is 15.0 Å². The lowest BCUT2D eigenvalue weighted by molar-refractivity contribution is 0.244. The SMILES string of the molecule is CC.Cc1noc(C2CCCN2C)n1. The minimum Gasteiger partial charge on any atom is -0.338 e. The summed E-state index contributed by atoms with van der Waals surface area (Å²) in [6.07, 6.45) is 2.36. The Labute approximate surface area is 85.3 Å². The lowest BCUT2D eigenvalue weighted by Crippen LogP contribution is -2.17. The van der Waals surface area contributed by atoms with Gasteiger partial charge in [0.25, 0.3) is 0 Å². The molecular formula is C10H19N3O. The molecule has 1 aromatic rings. The van der Waals surface area contributed by atoms with Gasteiger partial charge in [0.2, 0.25) is 5.89 Å². The third-order valence-corrected chi connectivity index (χ3v) is 2.35. The zero-order chi connectivity index (χ0) is 10.6. The number of hydrogen-bond acceptors (Lipinski definition) is 4. The van der Waals surface area contributed by atoms with E-state index in [9.17, 15) is 0 Å². The van der Waals surface area contributed by atoms with Crippen molar-refractivity contribution in [2.24, 2.45) is 0 Å². The lowest BCUT2D eigenvalue weighted by atomic mass is 10.2. The molecule has 14 heavy (non-hydrogen) atoms. The molecule has 0 aromatic carbocycles. The molecule has 1 aliphatic heterocycles. The molecule has 4 heteroatoms. The highest BCUT2D eigenvalue weighted by atomic mass is 16.5. The van der Waals surface area contributed by atoms with Gasteiger partial charge in [-0.2, -0.15) is 4.98 Å². The number of aryl methyl sites for hydroxylation is 1. The van der Waals surface area contributed by atoms with Gasteiger partial charge in [-0.25, -0.2) is 0 Å². The van der Waals surface area contributed by atoms with E-state index < -0.39 is 0 Å². The van der Waals surface area contributed by atoms with Crippen molar-refractivity contribution >= 4 is 0 Å². The van der Waals surface area contributed by atoms with Crippen LogP contribution in [-0.2, 0) is 0 Å². The van der Waals surface area contributed by atoms with Crippen LogP contribution >= 0.6 is 0 Å². The van der Waals surface area contributed by atoms with Gasteiger partial charge < -0.3 is 4.52 Å². The normalized spacial score (nSPS) is 21.9. The van der Waals surface area contributed by atoms with Crippen LogP contribution in [0.25, 0.3) is 0 Å². The highest BCUT2D eigenvalue weighted by Crippen LogP contribution is 2.28. The molecule has 0 amide bonds. The van der Waals surface area contributed by atoms with Crippen LogP contribution in [0.5, 0.6) is 0 Å². The molecule has 1 saturated heterocycles. The van der Waals surface area contributed by atoms with Crippen molar-refractivity contribution in [1.29, 1.82) is 0 Å². The molecule has 2 heterocycles. The van der Waals surface area contributed by atoms with E-state index in [1.165, 1.54) is 6.42 Å². The summed E-state index contributed by atoms with van der Waals surface area (Å²) in [6, 6.07) is 0.353. The van der Waals surface area contributed by atoms with Crippen LogP contribution in [-0.4, -0.2) is 28.6 Å². The summed E-state index contributed by atoms with van der Waals surface area (Å²) in [5.74, 6) is 1.50. The molecule has 1 aromatic heterocycles. The zero-order valence-electron chi connectivity index (χ0n) is 9.45. The average molecular weight is 197 g/mol. The van der Waals surface area contributed by atoms with E-state index in [2.05, 4.69) is 22.1 Å². The zero-order valence-corrected chi connectivity index (χ0v) is 9.45. The quantitative estimate of drug-likeness (QED) is 0.692. The van der Waals surface area contributed by atoms with Crippen LogP contribution in [0.1, 0.15) is 44.4 Å². The maximum absolute atomic E-state index is 5.12. The predicted octanol–water partition coefficient (Wildman–Crippen LogP) is 2.17. The molecule has 1 aliphatic rings. The second-order valence-corrected chi connectivity index (χ2v) is 3.32. The van der Waals surface area contributed by atoms with Crippen LogP contribution < -0.4 is 0 Å². The summed E-state index contributed by atoms with van der Waals surface area (Å²) >= 11 is 0. The molecule has 1 fully saturated rings. The Balaban J connectivity index is 0.000000461. The Kier molecular flexibility index (Phi) is 4.07. The summed E-state index contributed by atoms with van der Waals surface area (Å²) in [5.41, 5.74) is 0.